The second kappa shape index (κ2) is 7.78. The molecule has 0 aliphatic carbocycles. The van der Waals surface area contributed by atoms with Crippen molar-refractivity contribution in [3.63, 3.8) is 0 Å². The standard InChI is InChI=1S/C13H23N3O3/c1-4-6-8-18-9-7-16-10(3)15-11(12(16)14)13(17)19-5-2/h4-9,14H2,1-3H3. The molecule has 6 heteroatoms. The highest BCUT2D eigenvalue weighted by Gasteiger charge is 2.19. The molecule has 0 fully saturated rings. The molecule has 108 valence electrons. The first kappa shape index (κ1) is 15.5. The summed E-state index contributed by atoms with van der Waals surface area (Å²) >= 11 is 0. The van der Waals surface area contributed by atoms with E-state index in [-0.39, 0.29) is 5.69 Å². The first-order chi connectivity index (χ1) is 9.11. The number of carbonyl (C=O) groups is 1. The predicted octanol–water partition coefficient (Wildman–Crippen LogP) is 1.77. The summed E-state index contributed by atoms with van der Waals surface area (Å²) in [5, 5.41) is 0. The number of rotatable bonds is 8. The Bertz CT molecular complexity index is 416. The molecule has 6 nitrogen and oxygen atoms in total. The van der Waals surface area contributed by atoms with Crippen LogP contribution in [0.2, 0.25) is 0 Å². The average molecular weight is 269 g/mol. The van der Waals surface area contributed by atoms with Crippen molar-refractivity contribution < 1.29 is 14.3 Å². The third-order valence-corrected chi connectivity index (χ3v) is 2.77. The van der Waals surface area contributed by atoms with Gasteiger partial charge in [-0.1, -0.05) is 13.3 Å². The fraction of sp³-hybridized carbons (Fsp3) is 0.692. The van der Waals surface area contributed by atoms with Crippen LogP contribution >= 0.6 is 0 Å². The first-order valence-electron chi connectivity index (χ1n) is 6.69. The maximum Gasteiger partial charge on any atom is 0.360 e. The molecule has 0 aliphatic rings. The van der Waals surface area contributed by atoms with Crippen LogP contribution in [0.15, 0.2) is 0 Å². The molecule has 0 amide bonds. The van der Waals surface area contributed by atoms with Gasteiger partial charge in [-0.3, -0.25) is 0 Å². The number of hydrogen-bond donors (Lipinski definition) is 1. The SMILES string of the molecule is CCCCOCCn1c(C)nc(C(=O)OCC)c1N. The average Bonchev–Trinajstić information content (AvgIpc) is 2.66. The molecule has 1 heterocycles. The Balaban J connectivity index is 2.61. The van der Waals surface area contributed by atoms with Gasteiger partial charge in [-0.25, -0.2) is 9.78 Å². The summed E-state index contributed by atoms with van der Waals surface area (Å²) in [5.74, 6) is 0.559. The largest absolute Gasteiger partial charge is 0.461 e. The molecule has 0 saturated carbocycles. The topological polar surface area (TPSA) is 79.4 Å². The van der Waals surface area contributed by atoms with Crippen molar-refractivity contribution in [3.05, 3.63) is 11.5 Å². The monoisotopic (exact) mass is 269 g/mol. The van der Waals surface area contributed by atoms with Gasteiger partial charge in [0.25, 0.3) is 0 Å². The maximum atomic E-state index is 11.6. The highest BCUT2D eigenvalue weighted by molar-refractivity contribution is 5.92. The molecule has 0 aromatic carbocycles. The lowest BCUT2D eigenvalue weighted by Crippen LogP contribution is -2.13. The van der Waals surface area contributed by atoms with E-state index in [1.54, 1.807) is 11.5 Å². The number of carbonyl (C=O) groups excluding carboxylic acids is 1. The first-order valence-corrected chi connectivity index (χ1v) is 6.69. The highest BCUT2D eigenvalue weighted by atomic mass is 16.5. The minimum atomic E-state index is -0.478. The summed E-state index contributed by atoms with van der Waals surface area (Å²) in [7, 11) is 0. The Morgan fingerprint density at radius 1 is 1.37 bits per heavy atom. The van der Waals surface area contributed by atoms with Crippen LogP contribution in [0.4, 0.5) is 5.82 Å². The Morgan fingerprint density at radius 2 is 2.11 bits per heavy atom. The molecule has 19 heavy (non-hydrogen) atoms. The second-order valence-corrected chi connectivity index (χ2v) is 4.23. The Hall–Kier alpha value is -1.56. The van der Waals surface area contributed by atoms with Gasteiger partial charge >= 0.3 is 5.97 Å². The quantitative estimate of drug-likeness (QED) is 0.574. The highest BCUT2D eigenvalue weighted by Crippen LogP contribution is 2.15. The summed E-state index contributed by atoms with van der Waals surface area (Å²) in [4.78, 5) is 15.8. The van der Waals surface area contributed by atoms with Crippen LogP contribution in [-0.4, -0.2) is 35.3 Å². The lowest BCUT2D eigenvalue weighted by Gasteiger charge is -2.08. The van der Waals surface area contributed by atoms with E-state index in [4.69, 9.17) is 15.2 Å². The number of unbranched alkanes of at least 4 members (excludes halogenated alkanes) is 1. The number of anilines is 1. The van der Waals surface area contributed by atoms with E-state index in [0.29, 0.717) is 31.4 Å². The number of esters is 1. The number of hydrogen-bond acceptors (Lipinski definition) is 5. The van der Waals surface area contributed by atoms with E-state index in [9.17, 15) is 4.79 Å². The number of aromatic nitrogens is 2. The van der Waals surface area contributed by atoms with Gasteiger partial charge in [0.05, 0.1) is 13.2 Å². The molecular weight excluding hydrogens is 246 g/mol. The number of imidazole rings is 1. The molecule has 1 aromatic rings. The summed E-state index contributed by atoms with van der Waals surface area (Å²) in [5.41, 5.74) is 6.11. The molecule has 0 bridgehead atoms. The lowest BCUT2D eigenvalue weighted by molar-refractivity contribution is 0.0521. The van der Waals surface area contributed by atoms with Gasteiger partial charge in [0.2, 0.25) is 0 Å². The Kier molecular flexibility index (Phi) is 6.35. The van der Waals surface area contributed by atoms with Gasteiger partial charge in [0.15, 0.2) is 5.69 Å². The van der Waals surface area contributed by atoms with Crippen LogP contribution < -0.4 is 5.73 Å². The minimum absolute atomic E-state index is 0.188. The number of aryl methyl sites for hydroxylation is 1. The van der Waals surface area contributed by atoms with E-state index >= 15 is 0 Å². The van der Waals surface area contributed by atoms with Crippen LogP contribution in [-0.2, 0) is 16.0 Å². The van der Waals surface area contributed by atoms with Crippen LogP contribution in [0.25, 0.3) is 0 Å². The van der Waals surface area contributed by atoms with Crippen LogP contribution in [0.5, 0.6) is 0 Å². The molecule has 0 atom stereocenters. The van der Waals surface area contributed by atoms with E-state index in [1.165, 1.54) is 0 Å². The molecule has 1 rings (SSSR count). The zero-order valence-corrected chi connectivity index (χ0v) is 11.9. The maximum absolute atomic E-state index is 11.6. The van der Waals surface area contributed by atoms with Gasteiger partial charge in [-0.15, -0.1) is 0 Å². The predicted molar refractivity (Wildman–Crippen MR) is 73.1 cm³/mol. The number of nitrogens with two attached hydrogens (primary N) is 1. The Labute approximate surface area is 113 Å². The fourth-order valence-corrected chi connectivity index (χ4v) is 1.72. The van der Waals surface area contributed by atoms with Crippen molar-refractivity contribution in [2.75, 3.05) is 25.6 Å². The van der Waals surface area contributed by atoms with E-state index in [0.717, 1.165) is 19.4 Å². The third kappa shape index (κ3) is 4.24. The van der Waals surface area contributed by atoms with Crippen molar-refractivity contribution in [1.29, 1.82) is 0 Å². The zero-order valence-electron chi connectivity index (χ0n) is 11.9. The molecular formula is C13H23N3O3. The minimum Gasteiger partial charge on any atom is -0.461 e. The molecule has 1 aromatic heterocycles. The molecule has 0 radical (unpaired) electrons. The van der Waals surface area contributed by atoms with Crippen molar-refractivity contribution in [2.24, 2.45) is 0 Å². The smallest absolute Gasteiger partial charge is 0.360 e. The molecule has 0 aliphatic heterocycles. The van der Waals surface area contributed by atoms with Crippen LogP contribution in [0.3, 0.4) is 0 Å². The fourth-order valence-electron chi connectivity index (χ4n) is 1.72. The van der Waals surface area contributed by atoms with E-state index in [1.807, 2.05) is 6.92 Å². The summed E-state index contributed by atoms with van der Waals surface area (Å²) in [6.45, 7) is 7.88. The van der Waals surface area contributed by atoms with E-state index in [2.05, 4.69) is 11.9 Å². The Morgan fingerprint density at radius 3 is 2.74 bits per heavy atom. The van der Waals surface area contributed by atoms with Crippen LogP contribution in [0.1, 0.15) is 43.0 Å². The third-order valence-electron chi connectivity index (χ3n) is 2.77. The number of nitrogens with zero attached hydrogens (tertiary/aromatic N) is 2. The second-order valence-electron chi connectivity index (χ2n) is 4.23. The van der Waals surface area contributed by atoms with Gasteiger partial charge in [-0.2, -0.15) is 0 Å². The zero-order chi connectivity index (χ0) is 14.3. The summed E-state index contributed by atoms with van der Waals surface area (Å²) in [6, 6.07) is 0. The van der Waals surface area contributed by atoms with Gasteiger partial charge in [0.1, 0.15) is 11.6 Å². The normalized spacial score (nSPS) is 10.7. The van der Waals surface area contributed by atoms with Crippen molar-refractivity contribution in [2.45, 2.75) is 40.2 Å². The molecule has 0 saturated heterocycles. The summed E-state index contributed by atoms with van der Waals surface area (Å²) < 4.78 is 12.2. The molecule has 2 N–H and O–H groups in total. The molecule has 0 spiro atoms. The van der Waals surface area contributed by atoms with Gasteiger partial charge in [-0.05, 0) is 20.3 Å². The molecule has 0 unspecified atom stereocenters. The van der Waals surface area contributed by atoms with Crippen molar-refractivity contribution >= 4 is 11.8 Å². The van der Waals surface area contributed by atoms with Crippen molar-refractivity contribution in [1.82, 2.24) is 9.55 Å². The van der Waals surface area contributed by atoms with Crippen molar-refractivity contribution in [3.8, 4) is 0 Å². The summed E-state index contributed by atoms with van der Waals surface area (Å²) in [6.07, 6.45) is 2.16. The van der Waals surface area contributed by atoms with Gasteiger partial charge < -0.3 is 19.8 Å². The van der Waals surface area contributed by atoms with Crippen LogP contribution in [0, 0.1) is 6.92 Å². The number of ether oxygens (including phenoxy) is 2. The van der Waals surface area contributed by atoms with Gasteiger partial charge in [0, 0.05) is 13.2 Å². The van der Waals surface area contributed by atoms with E-state index < -0.39 is 5.97 Å². The lowest BCUT2D eigenvalue weighted by atomic mass is 10.4. The number of nitrogen functional groups attached to an aromatic ring is 1.